The maximum Gasteiger partial charge on any atom is 0.0234 e. The maximum absolute atomic E-state index is 5.60. The molecule has 1 fully saturated rings. The van der Waals surface area contributed by atoms with Crippen molar-refractivity contribution in [3.05, 3.63) is 35.9 Å². The van der Waals surface area contributed by atoms with Gasteiger partial charge in [-0.25, -0.2) is 0 Å². The van der Waals surface area contributed by atoms with Crippen LogP contribution in [-0.2, 0) is 6.54 Å². The van der Waals surface area contributed by atoms with Crippen molar-refractivity contribution in [2.75, 3.05) is 33.2 Å². The highest BCUT2D eigenvalue weighted by Crippen LogP contribution is 2.17. The van der Waals surface area contributed by atoms with Crippen LogP contribution in [-0.4, -0.2) is 49.1 Å². The third-order valence-electron chi connectivity index (χ3n) is 4.07. The molecule has 1 aliphatic heterocycles. The first-order valence-corrected chi connectivity index (χ1v) is 7.46. The van der Waals surface area contributed by atoms with Crippen molar-refractivity contribution in [3.63, 3.8) is 0 Å². The van der Waals surface area contributed by atoms with Crippen molar-refractivity contribution in [2.24, 2.45) is 5.73 Å². The SMILES string of the molecule is CN(CCCN)C1CCCN(Cc2ccccc2)C1. The Morgan fingerprint density at radius 2 is 2.11 bits per heavy atom. The van der Waals surface area contributed by atoms with Crippen molar-refractivity contribution in [2.45, 2.75) is 31.8 Å². The first kappa shape index (κ1) is 14.5. The molecule has 3 nitrogen and oxygen atoms in total. The number of benzene rings is 1. The second-order valence-corrected chi connectivity index (χ2v) is 5.64. The molecular weight excluding hydrogens is 234 g/mol. The molecule has 1 unspecified atom stereocenters. The molecule has 1 heterocycles. The minimum Gasteiger partial charge on any atom is -0.330 e. The molecular formula is C16H27N3. The monoisotopic (exact) mass is 261 g/mol. The number of piperidine rings is 1. The van der Waals surface area contributed by atoms with Gasteiger partial charge < -0.3 is 10.6 Å². The zero-order valence-corrected chi connectivity index (χ0v) is 12.1. The van der Waals surface area contributed by atoms with Gasteiger partial charge in [0.15, 0.2) is 0 Å². The Bertz CT molecular complexity index is 352. The zero-order valence-electron chi connectivity index (χ0n) is 12.1. The summed E-state index contributed by atoms with van der Waals surface area (Å²) >= 11 is 0. The Labute approximate surface area is 117 Å². The van der Waals surface area contributed by atoms with Gasteiger partial charge in [0, 0.05) is 19.1 Å². The molecule has 1 aliphatic rings. The van der Waals surface area contributed by atoms with Crippen LogP contribution in [0.1, 0.15) is 24.8 Å². The average molecular weight is 261 g/mol. The van der Waals surface area contributed by atoms with Crippen LogP contribution in [0.25, 0.3) is 0 Å². The Kier molecular flexibility index (Phi) is 5.83. The number of nitrogens with two attached hydrogens (primary N) is 1. The minimum absolute atomic E-state index is 0.698. The summed E-state index contributed by atoms with van der Waals surface area (Å²) in [6, 6.07) is 11.5. The summed E-state index contributed by atoms with van der Waals surface area (Å²) in [6.07, 6.45) is 3.74. The van der Waals surface area contributed by atoms with Gasteiger partial charge in [0.1, 0.15) is 0 Å². The van der Waals surface area contributed by atoms with Crippen molar-refractivity contribution in [1.29, 1.82) is 0 Å². The molecule has 106 valence electrons. The normalized spacial score (nSPS) is 20.9. The van der Waals surface area contributed by atoms with E-state index in [9.17, 15) is 0 Å². The number of hydrogen-bond donors (Lipinski definition) is 1. The largest absolute Gasteiger partial charge is 0.330 e. The molecule has 0 amide bonds. The Hall–Kier alpha value is -0.900. The van der Waals surface area contributed by atoms with Crippen molar-refractivity contribution < 1.29 is 0 Å². The molecule has 0 spiro atoms. The highest BCUT2D eigenvalue weighted by molar-refractivity contribution is 5.14. The van der Waals surface area contributed by atoms with Crippen molar-refractivity contribution in [1.82, 2.24) is 9.80 Å². The van der Waals surface area contributed by atoms with E-state index in [0.717, 1.165) is 26.1 Å². The number of likely N-dealkylation sites (N-methyl/N-ethyl adjacent to an activating group) is 1. The molecule has 0 saturated carbocycles. The first-order chi connectivity index (χ1) is 9.29. The van der Waals surface area contributed by atoms with E-state index in [1.165, 1.54) is 31.5 Å². The lowest BCUT2D eigenvalue weighted by molar-refractivity contribution is 0.111. The fourth-order valence-corrected chi connectivity index (χ4v) is 2.90. The summed E-state index contributed by atoms with van der Waals surface area (Å²) in [6.45, 7) is 5.43. The topological polar surface area (TPSA) is 32.5 Å². The second kappa shape index (κ2) is 7.63. The van der Waals surface area contributed by atoms with Crippen LogP contribution in [0.5, 0.6) is 0 Å². The van der Waals surface area contributed by atoms with Gasteiger partial charge in [-0.2, -0.15) is 0 Å². The van der Waals surface area contributed by atoms with Gasteiger partial charge in [0.25, 0.3) is 0 Å². The minimum atomic E-state index is 0.698. The molecule has 0 bridgehead atoms. The molecule has 0 radical (unpaired) electrons. The van der Waals surface area contributed by atoms with Gasteiger partial charge in [-0.3, -0.25) is 4.90 Å². The second-order valence-electron chi connectivity index (χ2n) is 5.64. The summed E-state index contributed by atoms with van der Waals surface area (Å²) in [5, 5.41) is 0. The van der Waals surface area contributed by atoms with Crippen molar-refractivity contribution in [3.8, 4) is 0 Å². The molecule has 1 saturated heterocycles. The molecule has 3 heteroatoms. The zero-order chi connectivity index (χ0) is 13.5. The lowest BCUT2D eigenvalue weighted by atomic mass is 10.0. The number of nitrogens with zero attached hydrogens (tertiary/aromatic N) is 2. The fourth-order valence-electron chi connectivity index (χ4n) is 2.90. The third kappa shape index (κ3) is 4.60. The molecule has 19 heavy (non-hydrogen) atoms. The van der Waals surface area contributed by atoms with Gasteiger partial charge in [0.05, 0.1) is 0 Å². The quantitative estimate of drug-likeness (QED) is 0.849. The summed E-state index contributed by atoms with van der Waals surface area (Å²) in [4.78, 5) is 5.08. The van der Waals surface area contributed by atoms with E-state index in [1.54, 1.807) is 0 Å². The van der Waals surface area contributed by atoms with E-state index in [-0.39, 0.29) is 0 Å². The summed E-state index contributed by atoms with van der Waals surface area (Å²) in [5.41, 5.74) is 7.02. The van der Waals surface area contributed by atoms with E-state index in [2.05, 4.69) is 47.2 Å². The number of rotatable bonds is 6. The molecule has 2 N–H and O–H groups in total. The predicted molar refractivity (Wildman–Crippen MR) is 81.0 cm³/mol. The summed E-state index contributed by atoms with van der Waals surface area (Å²) in [7, 11) is 2.24. The maximum atomic E-state index is 5.60. The van der Waals surface area contributed by atoms with Crippen LogP contribution in [0.2, 0.25) is 0 Å². The first-order valence-electron chi connectivity index (χ1n) is 7.46. The van der Waals surface area contributed by atoms with Gasteiger partial charge in [-0.15, -0.1) is 0 Å². The van der Waals surface area contributed by atoms with Crippen LogP contribution in [0.3, 0.4) is 0 Å². The molecule has 0 aromatic heterocycles. The van der Waals surface area contributed by atoms with E-state index >= 15 is 0 Å². The van der Waals surface area contributed by atoms with E-state index in [1.807, 2.05) is 0 Å². The van der Waals surface area contributed by atoms with Gasteiger partial charge in [0.2, 0.25) is 0 Å². The lowest BCUT2D eigenvalue weighted by Crippen LogP contribution is -2.46. The number of likely N-dealkylation sites (tertiary alicyclic amines) is 1. The van der Waals surface area contributed by atoms with E-state index in [0.29, 0.717) is 6.04 Å². The van der Waals surface area contributed by atoms with Crippen LogP contribution in [0.4, 0.5) is 0 Å². The van der Waals surface area contributed by atoms with Crippen molar-refractivity contribution >= 4 is 0 Å². The molecule has 0 aliphatic carbocycles. The lowest BCUT2D eigenvalue weighted by Gasteiger charge is -2.37. The third-order valence-corrected chi connectivity index (χ3v) is 4.07. The number of hydrogen-bond acceptors (Lipinski definition) is 3. The molecule has 2 rings (SSSR count). The van der Waals surface area contributed by atoms with Gasteiger partial charge >= 0.3 is 0 Å². The van der Waals surface area contributed by atoms with Gasteiger partial charge in [-0.05, 0) is 51.5 Å². The van der Waals surface area contributed by atoms with Crippen LogP contribution in [0, 0.1) is 0 Å². The van der Waals surface area contributed by atoms with Crippen LogP contribution in [0.15, 0.2) is 30.3 Å². The molecule has 1 aromatic carbocycles. The van der Waals surface area contributed by atoms with Crippen LogP contribution < -0.4 is 5.73 Å². The van der Waals surface area contributed by atoms with E-state index in [4.69, 9.17) is 5.73 Å². The highest BCUT2D eigenvalue weighted by atomic mass is 15.2. The Morgan fingerprint density at radius 1 is 1.32 bits per heavy atom. The summed E-state index contributed by atoms with van der Waals surface area (Å²) < 4.78 is 0. The Morgan fingerprint density at radius 3 is 2.84 bits per heavy atom. The molecule has 1 atom stereocenters. The highest BCUT2D eigenvalue weighted by Gasteiger charge is 2.22. The average Bonchev–Trinajstić information content (AvgIpc) is 2.46. The van der Waals surface area contributed by atoms with Crippen LogP contribution >= 0.6 is 0 Å². The Balaban J connectivity index is 1.83. The summed E-state index contributed by atoms with van der Waals surface area (Å²) in [5.74, 6) is 0. The molecule has 1 aromatic rings. The smallest absolute Gasteiger partial charge is 0.0234 e. The van der Waals surface area contributed by atoms with Gasteiger partial charge in [-0.1, -0.05) is 30.3 Å². The fraction of sp³-hybridized carbons (Fsp3) is 0.625. The van der Waals surface area contributed by atoms with E-state index < -0.39 is 0 Å². The standard InChI is InChI=1S/C16H27N3/c1-18(11-6-10-17)16-9-5-12-19(14-16)13-15-7-3-2-4-8-15/h2-4,7-8,16H,5-6,9-14,17H2,1H3. The predicted octanol–water partition coefficient (Wildman–Crippen LogP) is 1.93.